The van der Waals surface area contributed by atoms with Gasteiger partial charge in [0.25, 0.3) is 0 Å². The first-order valence-electron chi connectivity index (χ1n) is 7.30. The maximum absolute atomic E-state index is 9.16. The molecule has 4 rings (SSSR count). The van der Waals surface area contributed by atoms with Gasteiger partial charge in [0, 0.05) is 35.7 Å². The van der Waals surface area contributed by atoms with Crippen molar-refractivity contribution in [2.24, 2.45) is 5.92 Å². The number of hydrogen-bond acceptors (Lipinski definition) is 2. The van der Waals surface area contributed by atoms with Crippen LogP contribution in [0.1, 0.15) is 29.9 Å². The van der Waals surface area contributed by atoms with Crippen LogP contribution < -0.4 is 5.32 Å². The Morgan fingerprint density at radius 2 is 2.26 bits per heavy atom. The molecule has 1 fully saturated rings. The Hall–Kier alpha value is -1.32. The van der Waals surface area contributed by atoms with Gasteiger partial charge in [-0.25, -0.2) is 0 Å². The summed E-state index contributed by atoms with van der Waals surface area (Å²) < 4.78 is 0. The smallest absolute Gasteiger partial charge is 0.0459 e. The average molecular weight is 256 g/mol. The maximum Gasteiger partial charge on any atom is 0.0459 e. The first-order valence-corrected chi connectivity index (χ1v) is 7.30. The predicted molar refractivity (Wildman–Crippen MR) is 76.3 cm³/mol. The quantitative estimate of drug-likeness (QED) is 0.771. The molecule has 0 saturated carbocycles. The number of aromatic amines is 1. The van der Waals surface area contributed by atoms with Crippen molar-refractivity contribution in [3.63, 3.8) is 0 Å². The number of piperidine rings is 1. The summed E-state index contributed by atoms with van der Waals surface area (Å²) in [7, 11) is 0. The first kappa shape index (κ1) is 11.5. The van der Waals surface area contributed by atoms with E-state index in [9.17, 15) is 0 Å². The predicted octanol–water partition coefficient (Wildman–Crippen LogP) is 2.17. The highest BCUT2D eigenvalue weighted by Crippen LogP contribution is 2.42. The fourth-order valence-corrected chi connectivity index (χ4v) is 4.02. The van der Waals surface area contributed by atoms with Gasteiger partial charge in [-0.1, -0.05) is 12.1 Å². The van der Waals surface area contributed by atoms with Gasteiger partial charge in [0.2, 0.25) is 0 Å². The highest BCUT2D eigenvalue weighted by atomic mass is 16.3. The molecular formula is C16H20N2O. The summed E-state index contributed by atoms with van der Waals surface area (Å²) in [6, 6.07) is 7.20. The zero-order valence-corrected chi connectivity index (χ0v) is 11.0. The van der Waals surface area contributed by atoms with Crippen LogP contribution in [0.4, 0.5) is 0 Å². The van der Waals surface area contributed by atoms with Crippen LogP contribution in [0.15, 0.2) is 24.4 Å². The Balaban J connectivity index is 1.76. The number of nitrogens with one attached hydrogen (secondary N) is 2. The number of fused-ring (bicyclic) bond motifs is 2. The number of aromatic nitrogens is 1. The molecule has 3 heteroatoms. The molecule has 0 spiro atoms. The summed E-state index contributed by atoms with van der Waals surface area (Å²) in [6.07, 6.45) is 5.44. The van der Waals surface area contributed by atoms with Crippen molar-refractivity contribution in [3.05, 3.63) is 35.5 Å². The normalized spacial score (nSPS) is 29.4. The van der Waals surface area contributed by atoms with Gasteiger partial charge in [-0.2, -0.15) is 0 Å². The van der Waals surface area contributed by atoms with Crippen molar-refractivity contribution in [3.8, 4) is 0 Å². The third kappa shape index (κ3) is 1.72. The van der Waals surface area contributed by atoms with Crippen molar-refractivity contribution >= 4 is 10.9 Å². The lowest BCUT2D eigenvalue weighted by Crippen LogP contribution is -2.46. The molecule has 1 aromatic heterocycles. The van der Waals surface area contributed by atoms with E-state index in [4.69, 9.17) is 5.11 Å². The van der Waals surface area contributed by atoms with E-state index in [0.29, 0.717) is 24.5 Å². The Kier molecular flexibility index (Phi) is 2.64. The lowest BCUT2D eigenvalue weighted by atomic mass is 9.73. The van der Waals surface area contributed by atoms with Crippen LogP contribution in [0.2, 0.25) is 0 Å². The number of benzene rings is 1. The number of aliphatic hydroxyl groups excluding tert-OH is 1. The Bertz CT molecular complexity index is 604. The minimum Gasteiger partial charge on any atom is -0.396 e. The summed E-state index contributed by atoms with van der Waals surface area (Å²) in [5, 5.41) is 14.3. The number of aliphatic hydroxyl groups is 1. The van der Waals surface area contributed by atoms with Crippen LogP contribution in [-0.4, -0.2) is 29.3 Å². The molecule has 0 bridgehead atoms. The van der Waals surface area contributed by atoms with Gasteiger partial charge in [0.05, 0.1) is 0 Å². The molecule has 3 N–H and O–H groups in total. The van der Waals surface area contributed by atoms with Crippen molar-refractivity contribution in [2.45, 2.75) is 31.2 Å². The van der Waals surface area contributed by atoms with E-state index in [0.717, 1.165) is 19.4 Å². The molecule has 19 heavy (non-hydrogen) atoms. The molecule has 0 amide bonds. The zero-order valence-electron chi connectivity index (χ0n) is 11.0. The van der Waals surface area contributed by atoms with E-state index in [2.05, 4.69) is 34.7 Å². The summed E-state index contributed by atoms with van der Waals surface area (Å²) in [5.41, 5.74) is 4.23. The number of hydrogen-bond donors (Lipinski definition) is 3. The molecular weight excluding hydrogens is 236 g/mol. The van der Waals surface area contributed by atoms with Crippen LogP contribution in [0.5, 0.6) is 0 Å². The van der Waals surface area contributed by atoms with Gasteiger partial charge < -0.3 is 15.4 Å². The highest BCUT2D eigenvalue weighted by Gasteiger charge is 2.35. The topological polar surface area (TPSA) is 48.0 Å². The number of H-pyrrole nitrogens is 1. The van der Waals surface area contributed by atoms with Crippen molar-refractivity contribution < 1.29 is 5.11 Å². The molecule has 100 valence electrons. The molecule has 2 heterocycles. The van der Waals surface area contributed by atoms with E-state index in [1.54, 1.807) is 0 Å². The Morgan fingerprint density at radius 3 is 3.16 bits per heavy atom. The van der Waals surface area contributed by atoms with Crippen LogP contribution in [0.25, 0.3) is 10.9 Å². The van der Waals surface area contributed by atoms with Crippen molar-refractivity contribution in [2.75, 3.05) is 13.2 Å². The van der Waals surface area contributed by atoms with Crippen LogP contribution in [0.3, 0.4) is 0 Å². The maximum atomic E-state index is 9.16. The van der Waals surface area contributed by atoms with E-state index >= 15 is 0 Å². The Labute approximate surface area is 113 Å². The third-order valence-electron chi connectivity index (χ3n) is 4.94. The second-order valence-electron chi connectivity index (χ2n) is 6.02. The summed E-state index contributed by atoms with van der Waals surface area (Å²) in [6.45, 7) is 1.36. The lowest BCUT2D eigenvalue weighted by Gasteiger charge is -2.40. The molecule has 1 saturated heterocycles. The van der Waals surface area contributed by atoms with Crippen molar-refractivity contribution in [1.29, 1.82) is 0 Å². The minimum absolute atomic E-state index is 0.309. The van der Waals surface area contributed by atoms with Crippen LogP contribution in [0, 0.1) is 5.92 Å². The number of rotatable bonds is 2. The molecule has 2 aliphatic rings. The SMILES string of the molecule is OCC[C@H]1CN[C@@H]2Cc3c[nH]c4cccc(c34)C2C1. The van der Waals surface area contributed by atoms with Crippen molar-refractivity contribution in [1.82, 2.24) is 10.3 Å². The summed E-state index contributed by atoms with van der Waals surface area (Å²) in [5.74, 6) is 1.22. The molecule has 3 nitrogen and oxygen atoms in total. The fraction of sp³-hybridized carbons (Fsp3) is 0.500. The van der Waals surface area contributed by atoms with Gasteiger partial charge in [-0.3, -0.25) is 0 Å². The summed E-state index contributed by atoms with van der Waals surface area (Å²) >= 11 is 0. The summed E-state index contributed by atoms with van der Waals surface area (Å²) in [4.78, 5) is 3.40. The molecule has 0 radical (unpaired) electrons. The van der Waals surface area contributed by atoms with E-state index in [1.165, 1.54) is 28.5 Å². The average Bonchev–Trinajstić information content (AvgIpc) is 2.85. The largest absolute Gasteiger partial charge is 0.396 e. The molecule has 1 aliphatic heterocycles. The monoisotopic (exact) mass is 256 g/mol. The molecule has 3 atom stereocenters. The second kappa shape index (κ2) is 4.36. The first-order chi connectivity index (χ1) is 9.36. The van der Waals surface area contributed by atoms with E-state index in [-0.39, 0.29) is 0 Å². The van der Waals surface area contributed by atoms with Gasteiger partial charge in [-0.05, 0) is 48.9 Å². The van der Waals surface area contributed by atoms with Gasteiger partial charge in [0.15, 0.2) is 0 Å². The molecule has 1 aromatic carbocycles. The highest BCUT2D eigenvalue weighted by molar-refractivity contribution is 5.88. The Morgan fingerprint density at radius 1 is 1.32 bits per heavy atom. The zero-order chi connectivity index (χ0) is 12.8. The molecule has 2 aromatic rings. The molecule has 1 aliphatic carbocycles. The lowest BCUT2D eigenvalue weighted by molar-refractivity contribution is 0.205. The fourth-order valence-electron chi connectivity index (χ4n) is 4.02. The van der Waals surface area contributed by atoms with Crippen LogP contribution >= 0.6 is 0 Å². The third-order valence-corrected chi connectivity index (χ3v) is 4.94. The van der Waals surface area contributed by atoms with Gasteiger partial charge >= 0.3 is 0 Å². The van der Waals surface area contributed by atoms with Crippen LogP contribution in [-0.2, 0) is 6.42 Å². The van der Waals surface area contributed by atoms with E-state index < -0.39 is 0 Å². The molecule has 1 unspecified atom stereocenters. The second-order valence-corrected chi connectivity index (χ2v) is 6.02. The van der Waals surface area contributed by atoms with Gasteiger partial charge in [0.1, 0.15) is 0 Å². The standard InChI is InChI=1S/C16H20N2O/c19-5-4-10-6-13-12-2-1-3-14-16(12)11(9-18-14)7-15(13)17-8-10/h1-3,9-10,13,15,17-19H,4-8H2/t10-,13?,15-/m1/s1. The minimum atomic E-state index is 0.309. The van der Waals surface area contributed by atoms with E-state index in [1.807, 2.05) is 0 Å². The van der Waals surface area contributed by atoms with Gasteiger partial charge in [-0.15, -0.1) is 0 Å².